The van der Waals surface area contributed by atoms with E-state index < -0.39 is 12.2 Å². The van der Waals surface area contributed by atoms with Crippen LogP contribution in [0.4, 0.5) is 11.4 Å². The van der Waals surface area contributed by atoms with Crippen LogP contribution in [0.5, 0.6) is 0 Å². The molecule has 0 amide bonds. The summed E-state index contributed by atoms with van der Waals surface area (Å²) in [5.41, 5.74) is 11.1. The van der Waals surface area contributed by atoms with Crippen LogP contribution >= 0.6 is 23.5 Å². The van der Waals surface area contributed by atoms with Gasteiger partial charge in [-0.2, -0.15) is 10.2 Å². The van der Waals surface area contributed by atoms with Gasteiger partial charge in [-0.05, 0) is 118 Å². The molecule has 0 aliphatic rings. The van der Waals surface area contributed by atoms with Crippen LogP contribution in [0.25, 0.3) is 43.6 Å². The molecular formula is C56H56N6O2S2. The zero-order chi connectivity index (χ0) is 45.6. The van der Waals surface area contributed by atoms with Gasteiger partial charge < -0.3 is 19.3 Å². The largest absolute Gasteiger partial charge is 0.390 e. The highest BCUT2D eigenvalue weighted by Gasteiger charge is 2.17. The topological polar surface area (TPSA) is 81.5 Å². The monoisotopic (exact) mass is 908 g/mol. The zero-order valence-electron chi connectivity index (χ0n) is 38.0. The van der Waals surface area contributed by atoms with Crippen molar-refractivity contribution in [2.75, 3.05) is 34.6 Å². The van der Waals surface area contributed by atoms with Gasteiger partial charge in [0.15, 0.2) is 0 Å². The molecule has 0 aliphatic heterocycles. The highest BCUT2D eigenvalue weighted by atomic mass is 32.2. The van der Waals surface area contributed by atoms with E-state index in [1.54, 1.807) is 23.5 Å². The van der Waals surface area contributed by atoms with E-state index in [4.69, 9.17) is 10.2 Å². The van der Waals surface area contributed by atoms with Gasteiger partial charge in [-0.3, -0.25) is 10.0 Å². The van der Waals surface area contributed by atoms with Gasteiger partial charge in [-0.25, -0.2) is 0 Å². The zero-order valence-corrected chi connectivity index (χ0v) is 39.6. The number of aromatic nitrogens is 2. The van der Waals surface area contributed by atoms with E-state index in [0.29, 0.717) is 24.6 Å². The Morgan fingerprint density at radius 2 is 0.894 bits per heavy atom. The number of fused-ring (bicyclic) bond motifs is 6. The average molecular weight is 909 g/mol. The standard InChI is InChI=1S/C56H56N6O2S2/c1-5-59-53-16-9-7-14-49(53)51-30-41(22-28-55(51)59)33-57-61(43-24-18-39(3)19-25-43)35-45(63)37-65-47-12-11-13-48(32-47)66-38-46(64)36-62(44-26-20-40(4)21-27-44)58-34-42-23-29-56-52(31-42)50-15-8-10-17-54(50)60(56)6-2/h7-34,45-46,63-64H,5-6,35-38H2,1-4H3. The molecule has 2 unspecified atom stereocenters. The first kappa shape index (κ1) is 44.9. The van der Waals surface area contributed by atoms with Crippen LogP contribution in [0.15, 0.2) is 178 Å². The van der Waals surface area contributed by atoms with E-state index in [1.807, 2.05) is 28.5 Å². The molecule has 0 aliphatic carbocycles. The summed E-state index contributed by atoms with van der Waals surface area (Å²) in [6, 6.07) is 55.0. The summed E-state index contributed by atoms with van der Waals surface area (Å²) in [5, 5.41) is 41.5. The lowest BCUT2D eigenvalue weighted by Gasteiger charge is -2.23. The third kappa shape index (κ3) is 10.1. The molecular weight excluding hydrogens is 853 g/mol. The molecule has 7 aromatic carbocycles. The Labute approximate surface area is 395 Å². The number of benzene rings is 7. The lowest BCUT2D eigenvalue weighted by molar-refractivity contribution is 0.204. The summed E-state index contributed by atoms with van der Waals surface area (Å²) in [5.74, 6) is 0.989. The van der Waals surface area contributed by atoms with Gasteiger partial charge >= 0.3 is 0 Å². The highest BCUT2D eigenvalue weighted by Crippen LogP contribution is 2.32. The fourth-order valence-corrected chi connectivity index (χ4v) is 10.5. The van der Waals surface area contributed by atoms with Crippen LogP contribution in [0.2, 0.25) is 0 Å². The maximum absolute atomic E-state index is 11.4. The lowest BCUT2D eigenvalue weighted by atomic mass is 10.1. The van der Waals surface area contributed by atoms with Crippen LogP contribution in [-0.4, -0.2) is 68.6 Å². The van der Waals surface area contributed by atoms with Crippen molar-refractivity contribution in [2.24, 2.45) is 10.2 Å². The molecule has 2 aromatic heterocycles. The quantitative estimate of drug-likeness (QED) is 0.0507. The number of thioether (sulfide) groups is 2. The molecule has 0 radical (unpaired) electrons. The normalized spacial score (nSPS) is 12.9. The second kappa shape index (κ2) is 20.5. The number of hydrazone groups is 2. The molecule has 0 fully saturated rings. The van der Waals surface area contributed by atoms with E-state index in [0.717, 1.165) is 45.4 Å². The number of rotatable bonds is 18. The van der Waals surface area contributed by atoms with Gasteiger partial charge in [0.05, 0.1) is 49.1 Å². The van der Waals surface area contributed by atoms with Crippen molar-refractivity contribution in [1.29, 1.82) is 0 Å². The van der Waals surface area contributed by atoms with E-state index >= 15 is 0 Å². The van der Waals surface area contributed by atoms with Crippen molar-refractivity contribution in [3.63, 3.8) is 0 Å². The van der Waals surface area contributed by atoms with E-state index in [9.17, 15) is 10.2 Å². The second-order valence-corrected chi connectivity index (χ2v) is 19.0. The summed E-state index contributed by atoms with van der Waals surface area (Å²) in [4.78, 5) is 2.12. The molecule has 9 aromatic rings. The third-order valence-electron chi connectivity index (χ3n) is 12.0. The average Bonchev–Trinajstić information content (AvgIpc) is 3.84. The summed E-state index contributed by atoms with van der Waals surface area (Å²) in [6.07, 6.45) is 2.49. The first-order valence-corrected chi connectivity index (χ1v) is 24.7. The Bertz CT molecular complexity index is 2950. The van der Waals surface area contributed by atoms with Crippen molar-refractivity contribution in [3.8, 4) is 0 Å². The Morgan fingerprint density at radius 3 is 1.32 bits per heavy atom. The van der Waals surface area contributed by atoms with Gasteiger partial charge in [-0.1, -0.05) is 90.0 Å². The Kier molecular flexibility index (Phi) is 13.9. The number of anilines is 2. The first-order valence-electron chi connectivity index (χ1n) is 22.7. The third-order valence-corrected chi connectivity index (χ3v) is 14.3. The fourth-order valence-electron chi connectivity index (χ4n) is 8.67. The summed E-state index contributed by atoms with van der Waals surface area (Å²) in [7, 11) is 0. The lowest BCUT2D eigenvalue weighted by Crippen LogP contribution is -2.30. The minimum Gasteiger partial charge on any atom is -0.390 e. The number of aliphatic hydroxyl groups is 2. The molecule has 8 nitrogen and oxygen atoms in total. The Morgan fingerprint density at radius 1 is 0.485 bits per heavy atom. The minimum atomic E-state index is -0.649. The first-order chi connectivity index (χ1) is 32.2. The van der Waals surface area contributed by atoms with Gasteiger partial charge in [0.2, 0.25) is 0 Å². The van der Waals surface area contributed by atoms with Gasteiger partial charge in [0, 0.05) is 78.0 Å². The fraction of sp³-hybridized carbons (Fsp3) is 0.214. The Balaban J connectivity index is 0.839. The second-order valence-electron chi connectivity index (χ2n) is 16.8. The van der Waals surface area contributed by atoms with Crippen molar-refractivity contribution >= 4 is 90.9 Å². The molecule has 0 spiro atoms. The van der Waals surface area contributed by atoms with Gasteiger partial charge in [0.1, 0.15) is 0 Å². The van der Waals surface area contributed by atoms with Gasteiger partial charge in [0.25, 0.3) is 0 Å². The number of para-hydroxylation sites is 2. The van der Waals surface area contributed by atoms with E-state index in [-0.39, 0.29) is 0 Å². The predicted molar refractivity (Wildman–Crippen MR) is 282 cm³/mol. The summed E-state index contributed by atoms with van der Waals surface area (Å²) >= 11 is 3.24. The molecule has 334 valence electrons. The van der Waals surface area contributed by atoms with Crippen LogP contribution in [-0.2, 0) is 13.1 Å². The number of aliphatic hydroxyl groups excluding tert-OH is 2. The van der Waals surface area contributed by atoms with Crippen molar-refractivity contribution in [2.45, 2.75) is 62.8 Å². The minimum absolute atomic E-state index is 0.336. The number of aryl methyl sites for hydroxylation is 4. The molecule has 0 saturated heterocycles. The molecule has 10 heteroatoms. The highest BCUT2D eigenvalue weighted by molar-refractivity contribution is 8.00. The smallest absolute Gasteiger partial charge is 0.0830 e. The molecule has 9 rings (SSSR count). The number of hydrogen-bond donors (Lipinski definition) is 2. The van der Waals surface area contributed by atoms with Crippen molar-refractivity contribution in [1.82, 2.24) is 9.13 Å². The number of hydrogen-bond acceptors (Lipinski definition) is 8. The molecule has 66 heavy (non-hydrogen) atoms. The van der Waals surface area contributed by atoms with Crippen LogP contribution < -0.4 is 10.0 Å². The predicted octanol–water partition coefficient (Wildman–Crippen LogP) is 12.5. The molecule has 0 saturated carbocycles. The van der Waals surface area contributed by atoms with Crippen LogP contribution in [0.1, 0.15) is 36.1 Å². The maximum atomic E-state index is 11.4. The SMILES string of the molecule is CCn1c2ccccc2c2cc(C=NN(CC(O)CSc3cccc(SCC(O)CN(N=Cc4ccc5c(c4)c4ccccc4n5CC)c4ccc(C)cc4)c3)c3ccc(C)cc3)ccc21. The summed E-state index contributed by atoms with van der Waals surface area (Å²) in [6.45, 7) is 11.0. The van der Waals surface area contributed by atoms with Crippen LogP contribution in [0, 0.1) is 13.8 Å². The maximum Gasteiger partial charge on any atom is 0.0830 e. The Hall–Kier alpha value is -6.30. The van der Waals surface area contributed by atoms with E-state index in [2.05, 4.69) is 188 Å². The molecule has 2 heterocycles. The van der Waals surface area contributed by atoms with E-state index in [1.165, 1.54) is 54.7 Å². The summed E-state index contributed by atoms with van der Waals surface area (Å²) < 4.78 is 4.70. The van der Waals surface area contributed by atoms with Crippen molar-refractivity contribution < 1.29 is 10.2 Å². The van der Waals surface area contributed by atoms with Crippen LogP contribution in [0.3, 0.4) is 0 Å². The van der Waals surface area contributed by atoms with Gasteiger partial charge in [-0.15, -0.1) is 23.5 Å². The molecule has 0 bridgehead atoms. The number of nitrogens with zero attached hydrogens (tertiary/aromatic N) is 6. The molecule has 2 N–H and O–H groups in total. The molecule has 2 atom stereocenters. The van der Waals surface area contributed by atoms with Crippen molar-refractivity contribution in [3.05, 3.63) is 180 Å².